The Bertz CT molecular complexity index is 718. The van der Waals surface area contributed by atoms with Crippen LogP contribution in [0.15, 0.2) is 42.5 Å². The molecule has 4 nitrogen and oxygen atoms in total. The molecule has 0 bridgehead atoms. The van der Waals surface area contributed by atoms with E-state index < -0.39 is 12.6 Å². The Morgan fingerprint density at radius 2 is 1.84 bits per heavy atom. The summed E-state index contributed by atoms with van der Waals surface area (Å²) in [7, 11) is 0. The van der Waals surface area contributed by atoms with E-state index in [4.69, 9.17) is 0 Å². The molecule has 1 atom stereocenters. The summed E-state index contributed by atoms with van der Waals surface area (Å²) in [5.41, 5.74) is 3.04. The van der Waals surface area contributed by atoms with Crippen molar-refractivity contribution in [1.82, 2.24) is 5.32 Å². The number of hydrogen-bond acceptors (Lipinski definition) is 2. The van der Waals surface area contributed by atoms with Gasteiger partial charge in [-0.3, -0.25) is 0 Å². The number of ether oxygens (including phenoxy) is 1. The molecule has 2 aromatic carbocycles. The molecule has 0 heterocycles. The molecule has 25 heavy (non-hydrogen) atoms. The molecule has 0 spiro atoms. The zero-order valence-corrected chi connectivity index (χ0v) is 14.5. The first-order valence-electron chi connectivity index (χ1n) is 8.11. The number of carbonyl (C=O) groups is 1. The van der Waals surface area contributed by atoms with E-state index in [0.717, 1.165) is 12.0 Å². The second-order valence-electron chi connectivity index (χ2n) is 5.74. The number of anilines is 1. The summed E-state index contributed by atoms with van der Waals surface area (Å²) in [4.78, 5) is 12.2. The van der Waals surface area contributed by atoms with Crippen LogP contribution in [0, 0.1) is 6.92 Å². The number of para-hydroxylation sites is 1. The number of halogens is 2. The van der Waals surface area contributed by atoms with Crippen LogP contribution in [0.3, 0.4) is 0 Å². The van der Waals surface area contributed by atoms with Crippen LogP contribution in [0.5, 0.6) is 5.75 Å². The number of alkyl halides is 2. The van der Waals surface area contributed by atoms with Crippen LogP contribution in [0.2, 0.25) is 0 Å². The van der Waals surface area contributed by atoms with Gasteiger partial charge in [-0.1, -0.05) is 43.3 Å². The van der Waals surface area contributed by atoms with Crippen molar-refractivity contribution in [3.8, 4) is 5.75 Å². The molecule has 0 aliphatic heterocycles. The third-order valence-corrected chi connectivity index (χ3v) is 3.92. The van der Waals surface area contributed by atoms with Crippen molar-refractivity contribution >= 4 is 11.7 Å². The Kier molecular flexibility index (Phi) is 6.33. The lowest BCUT2D eigenvalue weighted by Gasteiger charge is -2.18. The van der Waals surface area contributed by atoms with Gasteiger partial charge in [0.05, 0.1) is 11.7 Å². The standard InChI is InChI=1S/C19H22F2N2O2/c1-4-14-8-10-15(11-9-14)13(3)22-19(24)23-17-12(2)6-5-7-16(17)25-18(20)21/h5-11,13,18H,4H2,1-3H3,(H2,22,23,24). The van der Waals surface area contributed by atoms with Crippen molar-refractivity contribution in [2.24, 2.45) is 0 Å². The van der Waals surface area contributed by atoms with Crippen molar-refractivity contribution in [3.63, 3.8) is 0 Å². The van der Waals surface area contributed by atoms with Gasteiger partial charge in [0.25, 0.3) is 0 Å². The van der Waals surface area contributed by atoms with Gasteiger partial charge >= 0.3 is 12.6 Å². The minimum absolute atomic E-state index is 0.0647. The number of amides is 2. The highest BCUT2D eigenvalue weighted by Crippen LogP contribution is 2.29. The number of carbonyl (C=O) groups excluding carboxylic acids is 1. The minimum Gasteiger partial charge on any atom is -0.433 e. The van der Waals surface area contributed by atoms with E-state index in [1.165, 1.54) is 11.6 Å². The fourth-order valence-corrected chi connectivity index (χ4v) is 2.47. The van der Waals surface area contributed by atoms with Gasteiger partial charge in [-0.2, -0.15) is 8.78 Å². The molecule has 0 fully saturated rings. The van der Waals surface area contributed by atoms with Crippen molar-refractivity contribution in [1.29, 1.82) is 0 Å². The molecule has 0 aromatic heterocycles. The maximum atomic E-state index is 12.5. The van der Waals surface area contributed by atoms with Crippen LogP contribution >= 0.6 is 0 Å². The lowest BCUT2D eigenvalue weighted by atomic mass is 10.1. The van der Waals surface area contributed by atoms with Crippen molar-refractivity contribution in [2.45, 2.75) is 39.8 Å². The van der Waals surface area contributed by atoms with E-state index in [9.17, 15) is 13.6 Å². The Hall–Kier alpha value is -2.63. The summed E-state index contributed by atoms with van der Waals surface area (Å²) < 4.78 is 29.5. The number of nitrogens with one attached hydrogen (secondary N) is 2. The van der Waals surface area contributed by atoms with Crippen LogP contribution in [-0.2, 0) is 6.42 Å². The third-order valence-electron chi connectivity index (χ3n) is 3.92. The van der Waals surface area contributed by atoms with E-state index in [2.05, 4.69) is 22.3 Å². The van der Waals surface area contributed by atoms with Gasteiger partial charge in [0.2, 0.25) is 0 Å². The highest BCUT2D eigenvalue weighted by atomic mass is 19.3. The molecule has 6 heteroatoms. The molecule has 2 amide bonds. The number of aryl methyl sites for hydroxylation is 2. The highest BCUT2D eigenvalue weighted by Gasteiger charge is 2.15. The van der Waals surface area contributed by atoms with Gasteiger partial charge < -0.3 is 15.4 Å². The van der Waals surface area contributed by atoms with Crippen LogP contribution in [-0.4, -0.2) is 12.6 Å². The third kappa shape index (κ3) is 5.17. The second kappa shape index (κ2) is 8.46. The zero-order chi connectivity index (χ0) is 18.4. The van der Waals surface area contributed by atoms with Crippen LogP contribution < -0.4 is 15.4 Å². The van der Waals surface area contributed by atoms with Gasteiger partial charge in [-0.15, -0.1) is 0 Å². The van der Waals surface area contributed by atoms with Gasteiger partial charge in [-0.05, 0) is 43.0 Å². The lowest BCUT2D eigenvalue weighted by Crippen LogP contribution is -2.31. The smallest absolute Gasteiger partial charge is 0.387 e. The average molecular weight is 348 g/mol. The summed E-state index contributed by atoms with van der Waals surface area (Å²) in [5, 5.41) is 5.40. The van der Waals surface area contributed by atoms with Gasteiger partial charge in [0.1, 0.15) is 5.75 Å². The predicted molar refractivity (Wildman–Crippen MR) is 94.2 cm³/mol. The quantitative estimate of drug-likeness (QED) is 0.768. The fraction of sp³-hybridized carbons (Fsp3) is 0.316. The first kappa shape index (κ1) is 18.7. The average Bonchev–Trinajstić information content (AvgIpc) is 2.57. The lowest BCUT2D eigenvalue weighted by molar-refractivity contribution is -0.0493. The number of rotatable bonds is 6. The summed E-state index contributed by atoms with van der Waals surface area (Å²) in [6.07, 6.45) is 0.947. The molecule has 0 aliphatic carbocycles. The first-order valence-corrected chi connectivity index (χ1v) is 8.11. The van der Waals surface area contributed by atoms with Crippen LogP contribution in [0.4, 0.5) is 19.3 Å². The monoisotopic (exact) mass is 348 g/mol. The molecular weight excluding hydrogens is 326 g/mol. The topological polar surface area (TPSA) is 50.4 Å². The molecular formula is C19H22F2N2O2. The Morgan fingerprint density at radius 3 is 2.44 bits per heavy atom. The number of hydrogen-bond donors (Lipinski definition) is 2. The zero-order valence-electron chi connectivity index (χ0n) is 14.5. The summed E-state index contributed by atoms with van der Waals surface area (Å²) in [6.45, 7) is 2.68. The predicted octanol–water partition coefficient (Wildman–Crippen LogP) is 5.04. The summed E-state index contributed by atoms with van der Waals surface area (Å²) in [6, 6.07) is 11.9. The van der Waals surface area contributed by atoms with E-state index >= 15 is 0 Å². The maximum absolute atomic E-state index is 12.5. The van der Waals surface area contributed by atoms with Gasteiger partial charge in [-0.25, -0.2) is 4.79 Å². The van der Waals surface area contributed by atoms with Gasteiger partial charge in [0.15, 0.2) is 0 Å². The molecule has 2 rings (SSSR count). The molecule has 0 radical (unpaired) electrons. The minimum atomic E-state index is -2.96. The van der Waals surface area contributed by atoms with Crippen LogP contribution in [0.25, 0.3) is 0 Å². The van der Waals surface area contributed by atoms with E-state index in [0.29, 0.717) is 5.56 Å². The van der Waals surface area contributed by atoms with E-state index in [1.54, 1.807) is 19.1 Å². The Labute approximate surface area is 146 Å². The molecule has 2 N–H and O–H groups in total. The number of benzene rings is 2. The van der Waals surface area contributed by atoms with Crippen LogP contribution in [0.1, 0.15) is 36.6 Å². The van der Waals surface area contributed by atoms with Gasteiger partial charge in [0, 0.05) is 0 Å². The first-order chi connectivity index (χ1) is 11.9. The Morgan fingerprint density at radius 1 is 1.16 bits per heavy atom. The second-order valence-corrected chi connectivity index (χ2v) is 5.74. The molecule has 0 saturated heterocycles. The van der Waals surface area contributed by atoms with E-state index in [1.807, 2.05) is 31.2 Å². The fourth-order valence-electron chi connectivity index (χ4n) is 2.47. The highest BCUT2D eigenvalue weighted by molar-refractivity contribution is 5.92. The normalized spacial score (nSPS) is 11.9. The summed E-state index contributed by atoms with van der Waals surface area (Å²) >= 11 is 0. The maximum Gasteiger partial charge on any atom is 0.387 e. The van der Waals surface area contributed by atoms with Crippen molar-refractivity contribution in [3.05, 3.63) is 59.2 Å². The van der Waals surface area contributed by atoms with Crippen molar-refractivity contribution < 1.29 is 18.3 Å². The van der Waals surface area contributed by atoms with E-state index in [-0.39, 0.29) is 17.5 Å². The molecule has 0 saturated carbocycles. The molecule has 1 unspecified atom stereocenters. The summed E-state index contributed by atoms with van der Waals surface area (Å²) in [5.74, 6) is -0.0647. The molecule has 2 aromatic rings. The number of urea groups is 1. The largest absolute Gasteiger partial charge is 0.433 e. The Balaban J connectivity index is 2.06. The molecule has 0 aliphatic rings. The van der Waals surface area contributed by atoms with Crippen molar-refractivity contribution in [2.75, 3.05) is 5.32 Å². The molecule has 134 valence electrons. The SMILES string of the molecule is CCc1ccc(C(C)NC(=O)Nc2c(C)cccc2OC(F)F)cc1.